The van der Waals surface area contributed by atoms with E-state index in [0.717, 1.165) is 11.3 Å². The van der Waals surface area contributed by atoms with Gasteiger partial charge in [-0.25, -0.2) is 4.79 Å². The van der Waals surface area contributed by atoms with Crippen LogP contribution < -0.4 is 9.47 Å². The second-order valence-corrected chi connectivity index (χ2v) is 5.27. The van der Waals surface area contributed by atoms with Crippen molar-refractivity contribution in [3.05, 3.63) is 59.4 Å². The molecule has 1 heterocycles. The molecule has 1 aromatic heterocycles. The van der Waals surface area contributed by atoms with E-state index < -0.39 is 5.97 Å². The number of hydrogen-bond donors (Lipinski definition) is 0. The lowest BCUT2D eigenvalue weighted by Crippen LogP contribution is -2.03. The van der Waals surface area contributed by atoms with Crippen LogP contribution in [-0.2, 0) is 11.2 Å². The minimum Gasteiger partial charge on any atom is -0.493 e. The Morgan fingerprint density at radius 3 is 2.42 bits per heavy atom. The average Bonchev–Trinajstić information content (AvgIpc) is 3.03. The molecule has 24 heavy (non-hydrogen) atoms. The number of methoxy groups -OCH3 is 3. The van der Waals surface area contributed by atoms with Crippen molar-refractivity contribution in [2.45, 2.75) is 6.42 Å². The first kappa shape index (κ1) is 15.9. The SMILES string of the molecule is COC(=O)c1cc(OC)c(OC)c2oc(Cc3ccccc3)cc12. The summed E-state index contributed by atoms with van der Waals surface area (Å²) in [6, 6.07) is 13.4. The van der Waals surface area contributed by atoms with Crippen molar-refractivity contribution in [2.75, 3.05) is 21.3 Å². The summed E-state index contributed by atoms with van der Waals surface area (Å²) in [5.41, 5.74) is 1.97. The van der Waals surface area contributed by atoms with Gasteiger partial charge in [0.05, 0.1) is 26.9 Å². The minimum atomic E-state index is -0.451. The summed E-state index contributed by atoms with van der Waals surface area (Å²) in [7, 11) is 4.39. The molecule has 0 radical (unpaired) electrons. The highest BCUT2D eigenvalue weighted by molar-refractivity contribution is 6.06. The predicted molar refractivity (Wildman–Crippen MR) is 89.9 cm³/mol. The van der Waals surface area contributed by atoms with Crippen LogP contribution in [-0.4, -0.2) is 27.3 Å². The molecule has 0 saturated carbocycles. The fourth-order valence-corrected chi connectivity index (χ4v) is 2.70. The van der Waals surface area contributed by atoms with Gasteiger partial charge in [-0.15, -0.1) is 0 Å². The Morgan fingerprint density at radius 1 is 1.04 bits per heavy atom. The summed E-state index contributed by atoms with van der Waals surface area (Å²) in [5.74, 6) is 1.16. The number of carbonyl (C=O) groups is 1. The molecule has 0 aliphatic rings. The van der Waals surface area contributed by atoms with Gasteiger partial charge in [-0.3, -0.25) is 0 Å². The molecule has 0 amide bonds. The van der Waals surface area contributed by atoms with Crippen LogP contribution in [0.25, 0.3) is 11.0 Å². The smallest absolute Gasteiger partial charge is 0.338 e. The Labute approximate surface area is 139 Å². The standard InChI is InChI=1S/C19H18O5/c1-21-16-11-15(19(20)23-3)14-10-13(24-17(14)18(16)22-2)9-12-7-5-4-6-8-12/h4-8,10-11H,9H2,1-3H3. The topological polar surface area (TPSA) is 57.9 Å². The highest BCUT2D eigenvalue weighted by atomic mass is 16.5. The molecule has 0 aliphatic carbocycles. The molecule has 5 heteroatoms. The molecule has 5 nitrogen and oxygen atoms in total. The second-order valence-electron chi connectivity index (χ2n) is 5.27. The van der Waals surface area contributed by atoms with Gasteiger partial charge in [0.25, 0.3) is 0 Å². The van der Waals surface area contributed by atoms with Gasteiger partial charge >= 0.3 is 5.97 Å². The number of fused-ring (bicyclic) bond motifs is 1. The van der Waals surface area contributed by atoms with Crippen molar-refractivity contribution in [3.8, 4) is 11.5 Å². The zero-order valence-electron chi connectivity index (χ0n) is 13.8. The van der Waals surface area contributed by atoms with Gasteiger partial charge in [0.2, 0.25) is 5.75 Å². The van der Waals surface area contributed by atoms with Crippen molar-refractivity contribution < 1.29 is 23.4 Å². The highest BCUT2D eigenvalue weighted by Gasteiger charge is 2.22. The molecule has 3 aromatic rings. The van der Waals surface area contributed by atoms with Crippen molar-refractivity contribution >= 4 is 16.9 Å². The van der Waals surface area contributed by atoms with Gasteiger partial charge in [0.1, 0.15) is 5.76 Å². The Morgan fingerprint density at radius 2 is 1.79 bits per heavy atom. The Bertz CT molecular complexity index is 864. The maximum atomic E-state index is 12.1. The number of ether oxygens (including phenoxy) is 3. The van der Waals surface area contributed by atoms with Gasteiger partial charge in [0.15, 0.2) is 11.3 Å². The van der Waals surface area contributed by atoms with E-state index in [1.807, 2.05) is 36.4 Å². The van der Waals surface area contributed by atoms with Crippen LogP contribution in [0.1, 0.15) is 21.7 Å². The Hall–Kier alpha value is -2.95. The van der Waals surface area contributed by atoms with Gasteiger partial charge in [0, 0.05) is 11.8 Å². The number of rotatable bonds is 5. The summed E-state index contributed by atoms with van der Waals surface area (Å²) < 4.78 is 21.6. The first-order valence-electron chi connectivity index (χ1n) is 7.47. The fraction of sp³-hybridized carbons (Fsp3) is 0.211. The lowest BCUT2D eigenvalue weighted by molar-refractivity contribution is 0.0602. The molecule has 0 N–H and O–H groups in total. The first-order chi connectivity index (χ1) is 11.7. The molecule has 2 aromatic carbocycles. The predicted octanol–water partition coefficient (Wildman–Crippen LogP) is 3.83. The highest BCUT2D eigenvalue weighted by Crippen LogP contribution is 2.40. The lowest BCUT2D eigenvalue weighted by Gasteiger charge is -2.10. The summed E-state index contributed by atoms with van der Waals surface area (Å²) in [6.45, 7) is 0. The van der Waals surface area contributed by atoms with Crippen LogP contribution in [0.15, 0.2) is 46.9 Å². The molecule has 0 spiro atoms. The number of esters is 1. The summed E-state index contributed by atoms with van der Waals surface area (Å²) in [6.07, 6.45) is 0.613. The average molecular weight is 326 g/mol. The third-order valence-corrected chi connectivity index (χ3v) is 3.83. The first-order valence-corrected chi connectivity index (χ1v) is 7.47. The van der Waals surface area contributed by atoms with Crippen LogP contribution in [0, 0.1) is 0 Å². The van der Waals surface area contributed by atoms with Crippen LogP contribution in [0.2, 0.25) is 0 Å². The lowest BCUT2D eigenvalue weighted by atomic mass is 10.1. The van der Waals surface area contributed by atoms with E-state index in [9.17, 15) is 4.79 Å². The fourth-order valence-electron chi connectivity index (χ4n) is 2.70. The summed E-state index contributed by atoms with van der Waals surface area (Å²) >= 11 is 0. The van der Waals surface area contributed by atoms with Gasteiger partial charge < -0.3 is 18.6 Å². The van der Waals surface area contributed by atoms with E-state index in [0.29, 0.717) is 34.5 Å². The largest absolute Gasteiger partial charge is 0.493 e. The number of benzene rings is 2. The van der Waals surface area contributed by atoms with Crippen LogP contribution in [0.5, 0.6) is 11.5 Å². The van der Waals surface area contributed by atoms with Gasteiger partial charge in [-0.05, 0) is 17.7 Å². The molecule has 0 fully saturated rings. The maximum Gasteiger partial charge on any atom is 0.338 e. The molecule has 0 unspecified atom stereocenters. The number of carbonyl (C=O) groups excluding carboxylic acids is 1. The Balaban J connectivity index is 2.16. The minimum absolute atomic E-state index is 0.383. The molecule has 0 saturated heterocycles. The van der Waals surface area contributed by atoms with E-state index in [-0.39, 0.29) is 0 Å². The summed E-state index contributed by atoms with van der Waals surface area (Å²) in [4.78, 5) is 12.1. The van der Waals surface area contributed by atoms with Gasteiger partial charge in [-0.1, -0.05) is 30.3 Å². The third-order valence-electron chi connectivity index (χ3n) is 3.83. The second kappa shape index (κ2) is 6.66. The monoisotopic (exact) mass is 326 g/mol. The van der Waals surface area contributed by atoms with Crippen molar-refractivity contribution in [3.63, 3.8) is 0 Å². The molecule has 0 bridgehead atoms. The van der Waals surface area contributed by atoms with E-state index in [1.165, 1.54) is 21.3 Å². The normalized spacial score (nSPS) is 10.6. The van der Waals surface area contributed by atoms with E-state index >= 15 is 0 Å². The quantitative estimate of drug-likeness (QED) is 0.667. The van der Waals surface area contributed by atoms with E-state index in [2.05, 4.69) is 0 Å². The molecule has 124 valence electrons. The van der Waals surface area contributed by atoms with E-state index in [1.54, 1.807) is 6.07 Å². The van der Waals surface area contributed by atoms with Gasteiger partial charge in [-0.2, -0.15) is 0 Å². The molecule has 3 rings (SSSR count). The molecule has 0 aliphatic heterocycles. The van der Waals surface area contributed by atoms with Crippen molar-refractivity contribution in [1.29, 1.82) is 0 Å². The van der Waals surface area contributed by atoms with Crippen LogP contribution in [0.4, 0.5) is 0 Å². The Kier molecular flexibility index (Phi) is 4.42. The zero-order chi connectivity index (χ0) is 17.1. The van der Waals surface area contributed by atoms with E-state index in [4.69, 9.17) is 18.6 Å². The van der Waals surface area contributed by atoms with Crippen LogP contribution >= 0.6 is 0 Å². The maximum absolute atomic E-state index is 12.1. The van der Waals surface area contributed by atoms with Crippen LogP contribution in [0.3, 0.4) is 0 Å². The molecular formula is C19H18O5. The van der Waals surface area contributed by atoms with Crippen molar-refractivity contribution in [2.24, 2.45) is 0 Å². The molecule has 0 atom stereocenters. The summed E-state index contributed by atoms with van der Waals surface area (Å²) in [5, 5.41) is 0.644. The zero-order valence-corrected chi connectivity index (χ0v) is 13.8. The van der Waals surface area contributed by atoms with Crippen molar-refractivity contribution in [1.82, 2.24) is 0 Å². The number of furan rings is 1. The number of hydrogen-bond acceptors (Lipinski definition) is 5. The third kappa shape index (κ3) is 2.80. The molecular weight excluding hydrogens is 308 g/mol.